The molecule has 1 rings (SSSR count). The van der Waals surface area contributed by atoms with Crippen molar-refractivity contribution < 1.29 is 0 Å². The van der Waals surface area contributed by atoms with Crippen LogP contribution in [0.3, 0.4) is 0 Å². The summed E-state index contributed by atoms with van der Waals surface area (Å²) >= 11 is 0. The zero-order chi connectivity index (χ0) is 8.27. The largest absolute Gasteiger partial charge is 0.329 e. The van der Waals surface area contributed by atoms with Gasteiger partial charge < -0.3 is 11.5 Å². The van der Waals surface area contributed by atoms with Crippen LogP contribution in [-0.2, 0) is 0 Å². The highest BCUT2D eigenvalue weighted by molar-refractivity contribution is 5.85. The Morgan fingerprint density at radius 3 is 2.42 bits per heavy atom. The zero-order valence-corrected chi connectivity index (χ0v) is 7.97. The summed E-state index contributed by atoms with van der Waals surface area (Å²) < 4.78 is 0. The molecule has 1 aromatic rings. The van der Waals surface area contributed by atoms with Crippen molar-refractivity contribution in [3.63, 3.8) is 0 Å². The van der Waals surface area contributed by atoms with Crippen LogP contribution in [0, 0.1) is 6.92 Å². The van der Waals surface area contributed by atoms with Crippen molar-refractivity contribution >= 4 is 12.4 Å². The normalized spacial score (nSPS) is 11.9. The summed E-state index contributed by atoms with van der Waals surface area (Å²) in [6, 6.07) is 8.04. The molecule has 0 aromatic heterocycles. The lowest BCUT2D eigenvalue weighted by molar-refractivity contribution is 0.732. The van der Waals surface area contributed by atoms with Crippen LogP contribution in [-0.4, -0.2) is 6.54 Å². The van der Waals surface area contributed by atoms with Crippen molar-refractivity contribution in [1.29, 1.82) is 0 Å². The summed E-state index contributed by atoms with van der Waals surface area (Å²) in [6.07, 6.45) is 0. The number of nitrogens with two attached hydrogens (primary N) is 2. The van der Waals surface area contributed by atoms with Gasteiger partial charge in [0.05, 0.1) is 0 Å². The molecule has 0 bridgehead atoms. The average molecular weight is 187 g/mol. The second kappa shape index (κ2) is 5.14. The van der Waals surface area contributed by atoms with E-state index in [4.69, 9.17) is 11.5 Å². The minimum absolute atomic E-state index is 0. The van der Waals surface area contributed by atoms with E-state index in [1.807, 2.05) is 31.2 Å². The molecular formula is C9H15ClN2. The van der Waals surface area contributed by atoms with Crippen LogP contribution in [0.2, 0.25) is 0 Å². The summed E-state index contributed by atoms with van der Waals surface area (Å²) in [5.41, 5.74) is 13.6. The van der Waals surface area contributed by atoms with Crippen molar-refractivity contribution in [3.8, 4) is 0 Å². The van der Waals surface area contributed by atoms with E-state index in [0.717, 1.165) is 5.56 Å². The number of hydrogen-bond acceptors (Lipinski definition) is 2. The third-order valence-electron chi connectivity index (χ3n) is 1.84. The van der Waals surface area contributed by atoms with Gasteiger partial charge >= 0.3 is 0 Å². The van der Waals surface area contributed by atoms with Gasteiger partial charge in [0.25, 0.3) is 0 Å². The Morgan fingerprint density at radius 2 is 1.92 bits per heavy atom. The van der Waals surface area contributed by atoms with Gasteiger partial charge in [-0.15, -0.1) is 12.4 Å². The zero-order valence-electron chi connectivity index (χ0n) is 7.16. The fourth-order valence-corrected chi connectivity index (χ4v) is 1.13. The monoisotopic (exact) mass is 186 g/mol. The molecule has 0 fully saturated rings. The smallest absolute Gasteiger partial charge is 0.0422 e. The maximum absolute atomic E-state index is 5.77. The first-order chi connectivity index (χ1) is 5.25. The first-order valence-electron chi connectivity index (χ1n) is 3.77. The van der Waals surface area contributed by atoms with E-state index in [1.54, 1.807) is 0 Å². The fraction of sp³-hybridized carbons (Fsp3) is 0.333. The molecule has 12 heavy (non-hydrogen) atoms. The summed E-state index contributed by atoms with van der Waals surface area (Å²) in [4.78, 5) is 0. The molecule has 1 aromatic carbocycles. The van der Waals surface area contributed by atoms with E-state index in [0.29, 0.717) is 6.54 Å². The Bertz CT molecular complexity index is 238. The molecule has 1 atom stereocenters. The lowest BCUT2D eigenvalue weighted by Gasteiger charge is -2.11. The van der Waals surface area contributed by atoms with Gasteiger partial charge in [0.1, 0.15) is 0 Å². The molecule has 0 heterocycles. The van der Waals surface area contributed by atoms with Crippen molar-refractivity contribution in [2.75, 3.05) is 6.54 Å². The lowest BCUT2D eigenvalue weighted by Crippen LogP contribution is -2.21. The van der Waals surface area contributed by atoms with Crippen molar-refractivity contribution in [2.45, 2.75) is 13.0 Å². The minimum atomic E-state index is -0.0174. The summed E-state index contributed by atoms with van der Waals surface area (Å²) in [6.45, 7) is 2.55. The van der Waals surface area contributed by atoms with Crippen LogP contribution in [0.25, 0.3) is 0 Å². The Hall–Kier alpha value is -0.570. The van der Waals surface area contributed by atoms with Crippen LogP contribution in [0.5, 0.6) is 0 Å². The number of halogens is 1. The van der Waals surface area contributed by atoms with Crippen LogP contribution >= 0.6 is 12.4 Å². The SMILES string of the molecule is Cc1ccccc1[C@@H](N)CN.Cl. The second-order valence-corrected chi connectivity index (χ2v) is 2.70. The summed E-state index contributed by atoms with van der Waals surface area (Å²) in [5, 5.41) is 0. The van der Waals surface area contributed by atoms with Gasteiger partial charge in [-0.2, -0.15) is 0 Å². The van der Waals surface area contributed by atoms with E-state index in [2.05, 4.69) is 0 Å². The molecule has 0 saturated carbocycles. The molecule has 0 spiro atoms. The number of aryl methyl sites for hydroxylation is 1. The molecule has 2 nitrogen and oxygen atoms in total. The predicted octanol–water partition coefficient (Wildman–Crippen LogP) is 1.38. The standard InChI is InChI=1S/C9H14N2.ClH/c1-7-4-2-3-5-8(7)9(11)6-10;/h2-5,9H,6,10-11H2,1H3;1H/t9-;/m0./s1. The van der Waals surface area contributed by atoms with Crippen LogP contribution < -0.4 is 11.5 Å². The quantitative estimate of drug-likeness (QED) is 0.733. The first kappa shape index (κ1) is 11.4. The lowest BCUT2D eigenvalue weighted by atomic mass is 10.0. The number of rotatable bonds is 2. The number of hydrogen-bond donors (Lipinski definition) is 2. The van der Waals surface area contributed by atoms with E-state index >= 15 is 0 Å². The molecule has 0 radical (unpaired) electrons. The Balaban J connectivity index is 0.00000121. The maximum Gasteiger partial charge on any atom is 0.0422 e. The van der Waals surface area contributed by atoms with Gasteiger partial charge in [-0.25, -0.2) is 0 Å². The van der Waals surface area contributed by atoms with E-state index in [9.17, 15) is 0 Å². The molecule has 0 aliphatic heterocycles. The van der Waals surface area contributed by atoms with Crippen LogP contribution in [0.1, 0.15) is 17.2 Å². The fourth-order valence-electron chi connectivity index (χ4n) is 1.13. The third kappa shape index (κ3) is 2.48. The van der Waals surface area contributed by atoms with Crippen LogP contribution in [0.15, 0.2) is 24.3 Å². The van der Waals surface area contributed by atoms with Gasteiger partial charge in [0.2, 0.25) is 0 Å². The third-order valence-corrected chi connectivity index (χ3v) is 1.84. The Labute approximate surface area is 79.4 Å². The number of benzene rings is 1. The molecule has 0 aliphatic carbocycles. The van der Waals surface area contributed by atoms with Crippen molar-refractivity contribution in [1.82, 2.24) is 0 Å². The van der Waals surface area contributed by atoms with E-state index < -0.39 is 0 Å². The topological polar surface area (TPSA) is 52.0 Å². The maximum atomic E-state index is 5.77. The summed E-state index contributed by atoms with van der Waals surface area (Å²) in [5.74, 6) is 0. The summed E-state index contributed by atoms with van der Waals surface area (Å²) in [7, 11) is 0. The van der Waals surface area contributed by atoms with E-state index in [1.165, 1.54) is 5.56 Å². The highest BCUT2D eigenvalue weighted by Gasteiger charge is 2.04. The molecule has 3 heteroatoms. The highest BCUT2D eigenvalue weighted by atomic mass is 35.5. The molecule has 0 amide bonds. The van der Waals surface area contributed by atoms with Gasteiger partial charge in [0, 0.05) is 12.6 Å². The minimum Gasteiger partial charge on any atom is -0.329 e. The van der Waals surface area contributed by atoms with Gasteiger partial charge in [0.15, 0.2) is 0 Å². The first-order valence-corrected chi connectivity index (χ1v) is 3.77. The van der Waals surface area contributed by atoms with E-state index in [-0.39, 0.29) is 18.4 Å². The molecule has 0 aliphatic rings. The molecule has 0 unspecified atom stereocenters. The van der Waals surface area contributed by atoms with Gasteiger partial charge in [-0.1, -0.05) is 24.3 Å². The van der Waals surface area contributed by atoms with Crippen molar-refractivity contribution in [2.24, 2.45) is 11.5 Å². The Kier molecular flexibility index (Phi) is 4.90. The average Bonchev–Trinajstić information content (AvgIpc) is 2.04. The predicted molar refractivity (Wildman–Crippen MR) is 54.4 cm³/mol. The van der Waals surface area contributed by atoms with Gasteiger partial charge in [-0.3, -0.25) is 0 Å². The Morgan fingerprint density at radius 1 is 1.33 bits per heavy atom. The molecular weight excluding hydrogens is 172 g/mol. The van der Waals surface area contributed by atoms with Crippen molar-refractivity contribution in [3.05, 3.63) is 35.4 Å². The van der Waals surface area contributed by atoms with Crippen LogP contribution in [0.4, 0.5) is 0 Å². The molecule has 4 N–H and O–H groups in total. The molecule has 68 valence electrons. The van der Waals surface area contributed by atoms with Gasteiger partial charge in [-0.05, 0) is 18.1 Å². The second-order valence-electron chi connectivity index (χ2n) is 2.70. The molecule has 0 saturated heterocycles. The highest BCUT2D eigenvalue weighted by Crippen LogP contribution is 2.13.